The van der Waals surface area contributed by atoms with Crippen LogP contribution in [0.2, 0.25) is 0 Å². The number of benzene rings is 2. The van der Waals surface area contributed by atoms with Crippen LogP contribution in [-0.4, -0.2) is 31.2 Å². The fraction of sp³-hybridized carbons (Fsp3) is 0.429. The van der Waals surface area contributed by atoms with Gasteiger partial charge < -0.3 is 9.84 Å². The lowest BCUT2D eigenvalue weighted by molar-refractivity contribution is 0.00731. The molecule has 1 N–H and O–H groups in total. The van der Waals surface area contributed by atoms with E-state index in [2.05, 4.69) is 0 Å². The third-order valence-electron chi connectivity index (χ3n) is 4.52. The Morgan fingerprint density at radius 2 is 1.67 bits per heavy atom. The second-order valence-electron chi connectivity index (χ2n) is 6.55. The van der Waals surface area contributed by atoms with Gasteiger partial charge in [0.15, 0.2) is 0 Å². The molecule has 0 fully saturated rings. The summed E-state index contributed by atoms with van der Waals surface area (Å²) in [5.74, 6) is 0. The Hall–Kier alpha value is -1.76. The number of rotatable bonds is 11. The van der Waals surface area contributed by atoms with E-state index >= 15 is 4.39 Å². The van der Waals surface area contributed by atoms with E-state index in [0.29, 0.717) is 19.4 Å². The van der Waals surface area contributed by atoms with Crippen LogP contribution >= 0.6 is 0 Å². The lowest BCUT2D eigenvalue weighted by Crippen LogP contribution is -2.46. The van der Waals surface area contributed by atoms with E-state index < -0.39 is 20.9 Å². The molecule has 148 valence electrons. The highest BCUT2D eigenvalue weighted by molar-refractivity contribution is 7.92. The summed E-state index contributed by atoms with van der Waals surface area (Å²) in [5.41, 5.74) is 0.960. The van der Waals surface area contributed by atoms with Gasteiger partial charge in [-0.05, 0) is 30.5 Å². The minimum absolute atomic E-state index is 0.0676. The van der Waals surface area contributed by atoms with Crippen molar-refractivity contribution in [1.29, 1.82) is 0 Å². The summed E-state index contributed by atoms with van der Waals surface area (Å²) in [6.07, 6.45) is -1.01. The summed E-state index contributed by atoms with van der Waals surface area (Å²) in [6.45, 7) is 2.25. The highest BCUT2D eigenvalue weighted by Crippen LogP contribution is 2.36. The van der Waals surface area contributed by atoms with Gasteiger partial charge in [-0.2, -0.15) is 0 Å². The Morgan fingerprint density at radius 1 is 1.07 bits per heavy atom. The van der Waals surface area contributed by atoms with E-state index in [1.165, 1.54) is 12.1 Å². The number of aliphatic hydroxyl groups excluding tert-OH is 1. The molecule has 2 atom stereocenters. The van der Waals surface area contributed by atoms with E-state index in [1.807, 2.05) is 37.3 Å². The number of aliphatic hydroxyl groups is 1. The predicted octanol–water partition coefficient (Wildman–Crippen LogP) is 4.28. The lowest BCUT2D eigenvalue weighted by Gasteiger charge is -2.30. The number of hydrogen-bond acceptors (Lipinski definition) is 4. The highest BCUT2D eigenvalue weighted by Gasteiger charge is 2.50. The van der Waals surface area contributed by atoms with Crippen LogP contribution in [0, 0.1) is 0 Å². The van der Waals surface area contributed by atoms with E-state index in [4.69, 9.17) is 4.74 Å². The maximum atomic E-state index is 15.7. The molecule has 0 aliphatic carbocycles. The predicted molar refractivity (Wildman–Crippen MR) is 104 cm³/mol. The van der Waals surface area contributed by atoms with Crippen molar-refractivity contribution in [2.24, 2.45) is 0 Å². The van der Waals surface area contributed by atoms with Crippen LogP contribution in [0.1, 0.15) is 38.2 Å². The Labute approximate surface area is 160 Å². The fourth-order valence-electron chi connectivity index (χ4n) is 2.87. The number of unbranched alkanes of at least 4 members (excludes halogenated alkanes) is 1. The van der Waals surface area contributed by atoms with Gasteiger partial charge in [-0.3, -0.25) is 0 Å². The van der Waals surface area contributed by atoms with Crippen molar-refractivity contribution in [2.45, 2.75) is 55.2 Å². The van der Waals surface area contributed by atoms with Crippen molar-refractivity contribution in [1.82, 2.24) is 0 Å². The van der Waals surface area contributed by atoms with Crippen molar-refractivity contribution < 1.29 is 22.7 Å². The minimum Gasteiger partial charge on any atom is -0.389 e. The molecule has 27 heavy (non-hydrogen) atoms. The summed E-state index contributed by atoms with van der Waals surface area (Å²) in [7, 11) is -4.33. The summed E-state index contributed by atoms with van der Waals surface area (Å²) in [6, 6.07) is 16.9. The van der Waals surface area contributed by atoms with E-state index in [9.17, 15) is 13.5 Å². The van der Waals surface area contributed by atoms with E-state index in [-0.39, 0.29) is 24.3 Å². The first-order chi connectivity index (χ1) is 12.9. The molecule has 2 unspecified atom stereocenters. The van der Waals surface area contributed by atoms with Gasteiger partial charge in [-0.15, -0.1) is 0 Å². The topological polar surface area (TPSA) is 63.6 Å². The van der Waals surface area contributed by atoms with Crippen molar-refractivity contribution >= 4 is 9.84 Å². The van der Waals surface area contributed by atoms with Crippen LogP contribution < -0.4 is 0 Å². The summed E-state index contributed by atoms with van der Waals surface area (Å²) in [4.78, 5) is -0.118. The third kappa shape index (κ3) is 5.37. The van der Waals surface area contributed by atoms with Crippen LogP contribution in [0.3, 0.4) is 0 Å². The van der Waals surface area contributed by atoms with Gasteiger partial charge in [0.2, 0.25) is 14.8 Å². The van der Waals surface area contributed by atoms with Crippen LogP contribution in [0.15, 0.2) is 65.6 Å². The molecule has 0 aliphatic heterocycles. The van der Waals surface area contributed by atoms with Gasteiger partial charge in [0.25, 0.3) is 0 Å². The normalized spacial score (nSPS) is 15.2. The molecule has 0 aliphatic rings. The molecule has 2 aromatic carbocycles. The molecule has 4 nitrogen and oxygen atoms in total. The molecule has 0 spiro atoms. The van der Waals surface area contributed by atoms with E-state index in [1.54, 1.807) is 18.2 Å². The third-order valence-corrected chi connectivity index (χ3v) is 6.78. The first-order valence-electron chi connectivity index (χ1n) is 9.20. The molecule has 0 saturated heterocycles. The van der Waals surface area contributed by atoms with Gasteiger partial charge in [-0.25, -0.2) is 12.8 Å². The van der Waals surface area contributed by atoms with Crippen molar-refractivity contribution in [3.8, 4) is 0 Å². The zero-order chi connectivity index (χ0) is 19.8. The standard InChI is InChI=1S/C21H27FO4S/c1-2-3-15-21(22,27(24,25)19-12-8-5-9-13-19)20(23)14-16-26-17-18-10-6-4-7-11-18/h4-13,20,23H,2-3,14-17H2,1H3. The van der Waals surface area contributed by atoms with Gasteiger partial charge in [-0.1, -0.05) is 61.9 Å². The summed E-state index contributed by atoms with van der Waals surface area (Å²) in [5, 5.41) is 7.72. The Morgan fingerprint density at radius 3 is 2.26 bits per heavy atom. The zero-order valence-corrected chi connectivity index (χ0v) is 16.4. The molecule has 6 heteroatoms. The van der Waals surface area contributed by atoms with Crippen molar-refractivity contribution in [3.05, 3.63) is 66.2 Å². The molecule has 2 rings (SSSR count). The van der Waals surface area contributed by atoms with Crippen LogP contribution in [0.5, 0.6) is 0 Å². The Balaban J connectivity index is 2.07. The Bertz CT molecular complexity index is 780. The second-order valence-corrected chi connectivity index (χ2v) is 8.71. The summed E-state index contributed by atoms with van der Waals surface area (Å²) >= 11 is 0. The van der Waals surface area contributed by atoms with Gasteiger partial charge in [0.1, 0.15) is 6.10 Å². The number of halogens is 1. The molecule has 0 aromatic heterocycles. The van der Waals surface area contributed by atoms with Gasteiger partial charge in [0, 0.05) is 13.0 Å². The van der Waals surface area contributed by atoms with Gasteiger partial charge >= 0.3 is 0 Å². The average molecular weight is 395 g/mol. The number of alkyl halides is 1. The fourth-order valence-corrected chi connectivity index (χ4v) is 4.66. The largest absolute Gasteiger partial charge is 0.389 e. The maximum absolute atomic E-state index is 15.7. The molecule has 0 amide bonds. The highest BCUT2D eigenvalue weighted by atomic mass is 32.2. The van der Waals surface area contributed by atoms with E-state index in [0.717, 1.165) is 5.56 Å². The summed E-state index contributed by atoms with van der Waals surface area (Å²) < 4.78 is 46.9. The average Bonchev–Trinajstić information content (AvgIpc) is 2.70. The maximum Gasteiger partial charge on any atom is 0.240 e. The second kappa shape index (κ2) is 9.97. The Kier molecular flexibility index (Phi) is 7.95. The van der Waals surface area contributed by atoms with Crippen molar-refractivity contribution in [3.63, 3.8) is 0 Å². The zero-order valence-electron chi connectivity index (χ0n) is 15.6. The number of sulfone groups is 1. The smallest absolute Gasteiger partial charge is 0.240 e. The molecule has 0 radical (unpaired) electrons. The lowest BCUT2D eigenvalue weighted by atomic mass is 10.1. The molecule has 0 saturated carbocycles. The first kappa shape index (κ1) is 21.5. The van der Waals surface area contributed by atoms with Crippen LogP contribution in [0.4, 0.5) is 4.39 Å². The minimum atomic E-state index is -4.33. The van der Waals surface area contributed by atoms with Crippen molar-refractivity contribution in [2.75, 3.05) is 6.61 Å². The van der Waals surface area contributed by atoms with Crippen LogP contribution in [0.25, 0.3) is 0 Å². The number of ether oxygens (including phenoxy) is 1. The number of hydrogen-bond donors (Lipinski definition) is 1. The first-order valence-corrected chi connectivity index (χ1v) is 10.7. The quantitative estimate of drug-likeness (QED) is 0.578. The molecule has 2 aromatic rings. The van der Waals surface area contributed by atoms with Gasteiger partial charge in [0.05, 0.1) is 11.5 Å². The molecule has 0 heterocycles. The molecular formula is C21H27FO4S. The molecular weight excluding hydrogens is 367 g/mol. The SMILES string of the molecule is CCCCC(F)(C(O)CCOCc1ccccc1)S(=O)(=O)c1ccccc1. The molecule has 0 bridgehead atoms. The monoisotopic (exact) mass is 394 g/mol. The van der Waals surface area contributed by atoms with Crippen LogP contribution in [-0.2, 0) is 21.2 Å².